The number of rotatable bonds is 7. The van der Waals surface area contributed by atoms with Gasteiger partial charge in [0, 0.05) is 18.1 Å². The maximum atomic E-state index is 12.5. The van der Waals surface area contributed by atoms with Gasteiger partial charge in [0.05, 0.1) is 0 Å². The van der Waals surface area contributed by atoms with Crippen molar-refractivity contribution in [3.05, 3.63) is 48.0 Å². The van der Waals surface area contributed by atoms with Crippen molar-refractivity contribution in [2.24, 2.45) is 10.9 Å². The Hall–Kier alpha value is -1.72. The van der Waals surface area contributed by atoms with Gasteiger partial charge in [0.1, 0.15) is 0 Å². The largest absolute Gasteiger partial charge is 0.417 e. The lowest BCUT2D eigenvalue weighted by Crippen LogP contribution is -2.40. The minimum absolute atomic E-state index is 0.0564. The summed E-state index contributed by atoms with van der Waals surface area (Å²) in [5.74, 6) is 0.0553. The Kier molecular flexibility index (Phi) is 6.48. The zero-order chi connectivity index (χ0) is 20.3. The summed E-state index contributed by atoms with van der Waals surface area (Å²) in [6.45, 7) is 15.8. The van der Waals surface area contributed by atoms with E-state index in [4.69, 9.17) is 9.16 Å². The van der Waals surface area contributed by atoms with Crippen LogP contribution >= 0.6 is 0 Å². The van der Waals surface area contributed by atoms with Gasteiger partial charge in [0.2, 0.25) is 5.90 Å². The molecule has 0 bridgehead atoms. The van der Waals surface area contributed by atoms with E-state index in [0.717, 1.165) is 12.0 Å². The number of nitrogens with zero attached hydrogens (tertiary/aromatic N) is 1. The zero-order valence-corrected chi connectivity index (χ0v) is 18.7. The summed E-state index contributed by atoms with van der Waals surface area (Å²) in [6.07, 6.45) is 4.97. The van der Waals surface area contributed by atoms with Gasteiger partial charge < -0.3 is 9.16 Å². The van der Waals surface area contributed by atoms with Crippen molar-refractivity contribution in [2.75, 3.05) is 6.61 Å². The molecule has 1 aliphatic rings. The van der Waals surface area contributed by atoms with E-state index in [1.54, 1.807) is 0 Å². The summed E-state index contributed by atoms with van der Waals surface area (Å²) in [4.78, 5) is 17.1. The van der Waals surface area contributed by atoms with Crippen molar-refractivity contribution < 1.29 is 14.0 Å². The number of carbonyl (C=O) groups excluding carboxylic acids is 1. The molecular weight excluding hydrogens is 354 g/mol. The first kappa shape index (κ1) is 21.6. The molecule has 5 heteroatoms. The summed E-state index contributed by atoms with van der Waals surface area (Å²) in [7, 11) is -1.71. The second-order valence-electron chi connectivity index (χ2n) is 8.93. The smallest absolute Gasteiger partial charge is 0.341 e. The maximum Gasteiger partial charge on any atom is 0.341 e. The fourth-order valence-corrected chi connectivity index (χ4v) is 3.61. The second kappa shape index (κ2) is 8.11. The van der Waals surface area contributed by atoms with Gasteiger partial charge in [0.25, 0.3) is 0 Å². The summed E-state index contributed by atoms with van der Waals surface area (Å²) < 4.78 is 11.6. The number of cyclic esters (lactones) is 1. The average molecular weight is 388 g/mol. The molecular formula is C22H33NO3Si. The van der Waals surface area contributed by atoms with Gasteiger partial charge in [-0.3, -0.25) is 0 Å². The van der Waals surface area contributed by atoms with Crippen LogP contribution in [0.5, 0.6) is 0 Å². The molecule has 0 amide bonds. The average Bonchev–Trinajstić information content (AvgIpc) is 2.90. The predicted octanol–water partition coefficient (Wildman–Crippen LogP) is 5.35. The Balaban J connectivity index is 1.96. The highest BCUT2D eigenvalue weighted by Gasteiger charge is 2.45. The quantitative estimate of drug-likeness (QED) is 0.274. The van der Waals surface area contributed by atoms with E-state index < -0.39 is 13.9 Å². The molecule has 2 rings (SSSR count). The number of benzene rings is 1. The summed E-state index contributed by atoms with van der Waals surface area (Å²) in [6, 6.07) is 9.55. The molecule has 1 aromatic rings. The fourth-order valence-electron chi connectivity index (χ4n) is 2.55. The van der Waals surface area contributed by atoms with E-state index in [1.807, 2.05) is 50.3 Å². The number of esters is 1. The molecule has 1 aliphatic heterocycles. The number of aliphatic imine (C=N–C) groups is 1. The van der Waals surface area contributed by atoms with E-state index in [0.29, 0.717) is 12.5 Å². The molecule has 0 radical (unpaired) electrons. The summed E-state index contributed by atoms with van der Waals surface area (Å²) in [5.41, 5.74) is -0.0596. The topological polar surface area (TPSA) is 47.9 Å². The van der Waals surface area contributed by atoms with Crippen LogP contribution in [-0.4, -0.2) is 32.3 Å². The molecule has 1 heterocycles. The molecule has 2 atom stereocenters. The Morgan fingerprint density at radius 1 is 1.26 bits per heavy atom. The molecule has 0 fully saturated rings. The van der Waals surface area contributed by atoms with Gasteiger partial charge >= 0.3 is 5.97 Å². The lowest BCUT2D eigenvalue weighted by molar-refractivity contribution is -0.139. The monoisotopic (exact) mass is 387 g/mol. The van der Waals surface area contributed by atoms with Gasteiger partial charge in [-0.15, -0.1) is 0 Å². The first-order valence-electron chi connectivity index (χ1n) is 9.65. The van der Waals surface area contributed by atoms with Crippen molar-refractivity contribution >= 4 is 20.2 Å². The Morgan fingerprint density at radius 3 is 2.48 bits per heavy atom. The maximum absolute atomic E-state index is 12.5. The van der Waals surface area contributed by atoms with E-state index in [2.05, 4.69) is 44.9 Å². The fraction of sp³-hybridized carbons (Fsp3) is 0.545. The normalized spacial score (nSPS) is 22.0. The van der Waals surface area contributed by atoms with Gasteiger partial charge in [0.15, 0.2) is 13.9 Å². The van der Waals surface area contributed by atoms with Crippen LogP contribution in [-0.2, 0) is 14.0 Å². The molecule has 1 unspecified atom stereocenters. The SMILES string of the molecule is CC(/C=C/CCO[Si](C)(C)C(C)(C)C)[C@@]1(C)N=C(c2ccccc2)OC1=O. The van der Waals surface area contributed by atoms with Crippen LogP contribution in [0.1, 0.15) is 46.6 Å². The minimum Gasteiger partial charge on any atom is -0.417 e. The van der Waals surface area contributed by atoms with Crippen molar-refractivity contribution in [3.8, 4) is 0 Å². The highest BCUT2D eigenvalue weighted by Crippen LogP contribution is 2.36. The van der Waals surface area contributed by atoms with Crippen LogP contribution in [0.15, 0.2) is 47.5 Å². The number of ether oxygens (including phenoxy) is 1. The Morgan fingerprint density at radius 2 is 1.89 bits per heavy atom. The molecule has 0 saturated carbocycles. The highest BCUT2D eigenvalue weighted by atomic mass is 28.4. The van der Waals surface area contributed by atoms with E-state index in [9.17, 15) is 4.79 Å². The first-order chi connectivity index (χ1) is 12.5. The predicted molar refractivity (Wildman–Crippen MR) is 114 cm³/mol. The standard InChI is InChI=1S/C22H33NO3Si/c1-17(13-11-12-16-25-27(6,7)21(2,3)4)22(5)20(24)26-19(23-22)18-14-9-8-10-15-18/h8-11,13-15,17H,12,16H2,1-7H3/b13-11+/t17?,22-/m1/s1. The third-order valence-corrected chi connectivity index (χ3v) is 10.4. The van der Waals surface area contributed by atoms with Gasteiger partial charge in [-0.25, -0.2) is 9.79 Å². The lowest BCUT2D eigenvalue weighted by Gasteiger charge is -2.36. The molecule has 27 heavy (non-hydrogen) atoms. The van der Waals surface area contributed by atoms with E-state index in [-0.39, 0.29) is 16.9 Å². The summed E-state index contributed by atoms with van der Waals surface area (Å²) >= 11 is 0. The highest BCUT2D eigenvalue weighted by molar-refractivity contribution is 6.74. The molecule has 148 valence electrons. The number of carbonyl (C=O) groups is 1. The lowest BCUT2D eigenvalue weighted by atomic mass is 9.87. The molecule has 4 nitrogen and oxygen atoms in total. The van der Waals surface area contributed by atoms with Crippen LogP contribution < -0.4 is 0 Å². The van der Waals surface area contributed by atoms with Crippen LogP contribution in [0.2, 0.25) is 18.1 Å². The van der Waals surface area contributed by atoms with Crippen LogP contribution in [0.4, 0.5) is 0 Å². The van der Waals surface area contributed by atoms with Crippen LogP contribution in [0.25, 0.3) is 0 Å². The van der Waals surface area contributed by atoms with Crippen molar-refractivity contribution in [1.29, 1.82) is 0 Å². The molecule has 1 aromatic carbocycles. The van der Waals surface area contributed by atoms with Crippen molar-refractivity contribution in [1.82, 2.24) is 0 Å². The number of hydrogen-bond acceptors (Lipinski definition) is 4. The Labute approximate surface area is 164 Å². The van der Waals surface area contributed by atoms with Gasteiger partial charge in [-0.1, -0.05) is 58.0 Å². The van der Waals surface area contributed by atoms with Gasteiger partial charge in [-0.05, 0) is 43.6 Å². The van der Waals surface area contributed by atoms with Crippen molar-refractivity contribution in [2.45, 2.75) is 64.7 Å². The zero-order valence-electron chi connectivity index (χ0n) is 17.7. The number of hydrogen-bond donors (Lipinski definition) is 0. The third-order valence-electron chi connectivity index (χ3n) is 5.82. The minimum atomic E-state index is -1.71. The second-order valence-corrected chi connectivity index (χ2v) is 13.7. The van der Waals surface area contributed by atoms with E-state index >= 15 is 0 Å². The Bertz CT molecular complexity index is 719. The van der Waals surface area contributed by atoms with Crippen LogP contribution in [0, 0.1) is 5.92 Å². The van der Waals surface area contributed by atoms with Gasteiger partial charge in [-0.2, -0.15) is 0 Å². The molecule has 0 saturated heterocycles. The molecule has 0 N–H and O–H groups in total. The third kappa shape index (κ3) is 4.96. The summed E-state index contributed by atoms with van der Waals surface area (Å²) in [5, 5.41) is 0.216. The van der Waals surface area contributed by atoms with Crippen molar-refractivity contribution in [3.63, 3.8) is 0 Å². The van der Waals surface area contributed by atoms with E-state index in [1.165, 1.54) is 0 Å². The first-order valence-corrected chi connectivity index (χ1v) is 12.6. The molecule has 0 aromatic heterocycles. The van der Waals surface area contributed by atoms with Crippen LogP contribution in [0.3, 0.4) is 0 Å². The molecule has 0 spiro atoms. The molecule has 0 aliphatic carbocycles.